The summed E-state index contributed by atoms with van der Waals surface area (Å²) >= 11 is 0. The maximum atomic E-state index is 7.37. The number of hydrogen-bond acceptors (Lipinski definition) is 2. The molecule has 3 heteroatoms. The molecule has 0 aliphatic rings. The molecular weight excluding hydrogens is 282 g/mol. The van der Waals surface area contributed by atoms with Crippen LogP contribution < -0.4 is 4.90 Å². The molecule has 0 unspecified atom stereocenters. The van der Waals surface area contributed by atoms with E-state index in [0.29, 0.717) is 5.69 Å². The second-order valence-corrected chi connectivity index (χ2v) is 5.54. The molecular formula is C20H17N3. The lowest BCUT2D eigenvalue weighted by Crippen LogP contribution is -2.08. The molecule has 0 amide bonds. The lowest BCUT2D eigenvalue weighted by atomic mass is 10.0. The maximum absolute atomic E-state index is 7.37. The van der Waals surface area contributed by atoms with Crippen molar-refractivity contribution in [2.45, 2.75) is 0 Å². The third kappa shape index (κ3) is 3.22. The minimum atomic E-state index is 0.624. The maximum Gasteiger partial charge on any atom is 0.188 e. The Kier molecular flexibility index (Phi) is 4.07. The highest BCUT2D eigenvalue weighted by molar-refractivity contribution is 5.78. The van der Waals surface area contributed by atoms with Crippen LogP contribution in [0.1, 0.15) is 0 Å². The van der Waals surface area contributed by atoms with E-state index in [1.54, 1.807) is 6.20 Å². The largest absolute Gasteiger partial charge is 0.378 e. The Morgan fingerprint density at radius 1 is 0.870 bits per heavy atom. The first-order chi connectivity index (χ1) is 11.2. The zero-order valence-electron chi connectivity index (χ0n) is 13.2. The van der Waals surface area contributed by atoms with Gasteiger partial charge in [-0.05, 0) is 47.0 Å². The van der Waals surface area contributed by atoms with Gasteiger partial charge in [0.25, 0.3) is 0 Å². The van der Waals surface area contributed by atoms with E-state index >= 15 is 0 Å². The molecule has 3 nitrogen and oxygen atoms in total. The summed E-state index contributed by atoms with van der Waals surface area (Å²) in [4.78, 5) is 10.1. The van der Waals surface area contributed by atoms with Crippen LogP contribution in [-0.2, 0) is 0 Å². The van der Waals surface area contributed by atoms with Crippen LogP contribution in [0.5, 0.6) is 0 Å². The number of anilines is 1. The highest BCUT2D eigenvalue weighted by atomic mass is 15.1. The van der Waals surface area contributed by atoms with E-state index in [9.17, 15) is 0 Å². The fraction of sp³-hybridized carbons (Fsp3) is 0.100. The van der Waals surface area contributed by atoms with Gasteiger partial charge >= 0.3 is 0 Å². The Bertz CT molecular complexity index is 862. The van der Waals surface area contributed by atoms with Gasteiger partial charge in [-0.25, -0.2) is 4.85 Å². The molecule has 0 spiro atoms. The molecule has 3 rings (SSSR count). The van der Waals surface area contributed by atoms with Crippen molar-refractivity contribution in [3.05, 3.63) is 78.3 Å². The minimum absolute atomic E-state index is 0.624. The Balaban J connectivity index is 2.13. The topological polar surface area (TPSA) is 20.5 Å². The summed E-state index contributed by atoms with van der Waals surface area (Å²) in [6, 6.07) is 20.0. The summed E-state index contributed by atoms with van der Waals surface area (Å²) in [5.74, 6) is 0. The molecule has 2 aromatic carbocycles. The van der Waals surface area contributed by atoms with Crippen LogP contribution in [0.2, 0.25) is 0 Å². The normalized spacial score (nSPS) is 10.1. The zero-order chi connectivity index (χ0) is 16.2. The minimum Gasteiger partial charge on any atom is -0.378 e. The molecule has 0 aliphatic carbocycles. The van der Waals surface area contributed by atoms with Crippen molar-refractivity contribution in [1.82, 2.24) is 4.98 Å². The summed E-state index contributed by atoms with van der Waals surface area (Å²) in [5, 5.41) is 0. The Morgan fingerprint density at radius 3 is 2.30 bits per heavy atom. The van der Waals surface area contributed by atoms with Crippen molar-refractivity contribution in [1.29, 1.82) is 0 Å². The molecule has 0 saturated carbocycles. The lowest BCUT2D eigenvalue weighted by molar-refractivity contribution is 1.12. The molecule has 0 bridgehead atoms. The SMILES string of the molecule is [C-]#[N+]c1cc(-c2ccccc2)cc(-c2cc(N(C)C)ccn2)c1. The summed E-state index contributed by atoms with van der Waals surface area (Å²) < 4.78 is 0. The van der Waals surface area contributed by atoms with Gasteiger partial charge in [-0.3, -0.25) is 4.98 Å². The number of rotatable bonds is 3. The van der Waals surface area contributed by atoms with Crippen LogP contribution in [-0.4, -0.2) is 19.1 Å². The summed E-state index contributed by atoms with van der Waals surface area (Å²) in [7, 11) is 4.01. The molecule has 0 atom stereocenters. The summed E-state index contributed by atoms with van der Waals surface area (Å²) in [6.07, 6.45) is 1.80. The molecule has 3 aromatic rings. The second kappa shape index (κ2) is 6.33. The highest BCUT2D eigenvalue weighted by Gasteiger charge is 2.07. The fourth-order valence-electron chi connectivity index (χ4n) is 2.48. The zero-order valence-corrected chi connectivity index (χ0v) is 13.2. The second-order valence-electron chi connectivity index (χ2n) is 5.54. The summed E-state index contributed by atoms with van der Waals surface area (Å²) in [6.45, 7) is 7.37. The third-order valence-electron chi connectivity index (χ3n) is 3.71. The van der Waals surface area contributed by atoms with Gasteiger partial charge < -0.3 is 4.90 Å². The van der Waals surface area contributed by atoms with Crippen LogP contribution in [0.15, 0.2) is 66.9 Å². The molecule has 1 heterocycles. The first kappa shape index (κ1) is 14.8. The van der Waals surface area contributed by atoms with Gasteiger partial charge in [0.15, 0.2) is 5.69 Å². The Morgan fingerprint density at radius 2 is 1.61 bits per heavy atom. The first-order valence-corrected chi connectivity index (χ1v) is 7.39. The molecule has 0 saturated heterocycles. The van der Waals surface area contributed by atoms with E-state index in [1.807, 2.05) is 61.5 Å². The average Bonchev–Trinajstić information content (AvgIpc) is 2.62. The van der Waals surface area contributed by atoms with Gasteiger partial charge in [0.1, 0.15) is 0 Å². The van der Waals surface area contributed by atoms with Crippen LogP contribution in [0, 0.1) is 6.57 Å². The third-order valence-corrected chi connectivity index (χ3v) is 3.71. The van der Waals surface area contributed by atoms with E-state index in [1.165, 1.54) is 0 Å². The standard InChI is InChI=1S/C20H17N3/c1-21-18-12-16(15-7-5-4-6-8-15)11-17(13-18)20-14-19(23(2)3)9-10-22-20/h4-14H,2-3H3. The van der Waals surface area contributed by atoms with E-state index in [2.05, 4.69) is 28.0 Å². The number of nitrogens with zero attached hydrogens (tertiary/aromatic N) is 3. The smallest absolute Gasteiger partial charge is 0.188 e. The fourth-order valence-corrected chi connectivity index (χ4v) is 2.48. The van der Waals surface area contributed by atoms with E-state index in [4.69, 9.17) is 6.57 Å². The summed E-state index contributed by atoms with van der Waals surface area (Å²) in [5.41, 5.74) is 5.68. The molecule has 0 aliphatic heterocycles. The molecule has 0 N–H and O–H groups in total. The van der Waals surface area contributed by atoms with Crippen LogP contribution in [0.25, 0.3) is 27.2 Å². The van der Waals surface area contributed by atoms with Gasteiger partial charge in [0.05, 0.1) is 12.3 Å². The van der Waals surface area contributed by atoms with E-state index in [0.717, 1.165) is 28.1 Å². The average molecular weight is 299 g/mol. The van der Waals surface area contributed by atoms with Crippen LogP contribution in [0.4, 0.5) is 11.4 Å². The van der Waals surface area contributed by atoms with E-state index < -0.39 is 0 Å². The van der Waals surface area contributed by atoms with Gasteiger partial charge in [-0.15, -0.1) is 0 Å². The monoisotopic (exact) mass is 299 g/mol. The number of pyridine rings is 1. The molecule has 112 valence electrons. The highest BCUT2D eigenvalue weighted by Crippen LogP contribution is 2.31. The molecule has 23 heavy (non-hydrogen) atoms. The molecule has 0 fully saturated rings. The molecule has 1 aromatic heterocycles. The van der Waals surface area contributed by atoms with Gasteiger partial charge in [-0.1, -0.05) is 30.3 Å². The Hall–Kier alpha value is -3.12. The first-order valence-electron chi connectivity index (χ1n) is 7.39. The van der Waals surface area contributed by atoms with Gasteiger partial charge in [-0.2, -0.15) is 0 Å². The van der Waals surface area contributed by atoms with Crippen LogP contribution >= 0.6 is 0 Å². The number of aromatic nitrogens is 1. The Labute approximate surface area is 136 Å². The van der Waals surface area contributed by atoms with Crippen molar-refractivity contribution in [3.8, 4) is 22.4 Å². The van der Waals surface area contributed by atoms with Gasteiger partial charge in [0, 0.05) is 26.0 Å². The van der Waals surface area contributed by atoms with Crippen LogP contribution in [0.3, 0.4) is 0 Å². The van der Waals surface area contributed by atoms with Crippen molar-refractivity contribution in [2.24, 2.45) is 0 Å². The van der Waals surface area contributed by atoms with Crippen molar-refractivity contribution in [2.75, 3.05) is 19.0 Å². The number of benzene rings is 2. The van der Waals surface area contributed by atoms with Gasteiger partial charge in [0.2, 0.25) is 0 Å². The molecule has 0 radical (unpaired) electrons. The number of hydrogen-bond donors (Lipinski definition) is 0. The van der Waals surface area contributed by atoms with Crippen molar-refractivity contribution < 1.29 is 0 Å². The predicted octanol–water partition coefficient (Wildman–Crippen LogP) is 5.03. The lowest BCUT2D eigenvalue weighted by Gasteiger charge is -2.14. The van der Waals surface area contributed by atoms with E-state index in [-0.39, 0.29) is 0 Å². The predicted molar refractivity (Wildman–Crippen MR) is 95.7 cm³/mol. The van der Waals surface area contributed by atoms with Crippen molar-refractivity contribution in [3.63, 3.8) is 0 Å². The van der Waals surface area contributed by atoms with Crippen molar-refractivity contribution >= 4 is 11.4 Å². The quantitative estimate of drug-likeness (QED) is 0.632.